The van der Waals surface area contributed by atoms with Gasteiger partial charge in [0, 0.05) is 12.1 Å². The van der Waals surface area contributed by atoms with Gasteiger partial charge in [-0.1, -0.05) is 0 Å². The summed E-state index contributed by atoms with van der Waals surface area (Å²) in [5.41, 5.74) is 0.562. The van der Waals surface area contributed by atoms with E-state index in [0.29, 0.717) is 29.4 Å². The third-order valence-electron chi connectivity index (χ3n) is 4.14. The first-order chi connectivity index (χ1) is 12.9. The number of nitrogens with one attached hydrogen (secondary N) is 2. The van der Waals surface area contributed by atoms with Crippen molar-refractivity contribution >= 4 is 27.2 Å². The number of rotatable bonds is 6. The van der Waals surface area contributed by atoms with E-state index in [1.807, 2.05) is 0 Å². The van der Waals surface area contributed by atoms with Crippen LogP contribution in [0.4, 0.5) is 11.5 Å². The Morgan fingerprint density at radius 2 is 1.96 bits per heavy atom. The largest absolute Gasteiger partial charge is 0.497 e. The van der Waals surface area contributed by atoms with Gasteiger partial charge in [-0.05, 0) is 30.7 Å². The van der Waals surface area contributed by atoms with Crippen molar-refractivity contribution in [1.82, 2.24) is 10.2 Å². The Morgan fingerprint density at radius 1 is 1.15 bits per heavy atom. The van der Waals surface area contributed by atoms with Crippen LogP contribution in [0.1, 0.15) is 16.9 Å². The van der Waals surface area contributed by atoms with Crippen LogP contribution in [-0.4, -0.2) is 56.3 Å². The van der Waals surface area contributed by atoms with Gasteiger partial charge in [0.05, 0.1) is 31.4 Å². The highest BCUT2D eigenvalue weighted by Gasteiger charge is 2.28. The fraction of sp³-hybridized carbons (Fsp3) is 0.353. The molecule has 10 heteroatoms. The van der Waals surface area contributed by atoms with E-state index in [2.05, 4.69) is 20.8 Å². The van der Waals surface area contributed by atoms with Gasteiger partial charge in [-0.25, -0.2) is 8.42 Å². The average molecular weight is 392 g/mol. The lowest BCUT2D eigenvalue weighted by molar-refractivity contribution is 0.102. The molecule has 1 saturated heterocycles. The third kappa shape index (κ3) is 4.64. The van der Waals surface area contributed by atoms with E-state index in [1.165, 1.54) is 20.3 Å². The van der Waals surface area contributed by atoms with Crippen LogP contribution >= 0.6 is 0 Å². The van der Waals surface area contributed by atoms with Gasteiger partial charge in [-0.15, -0.1) is 10.2 Å². The topological polar surface area (TPSA) is 120 Å². The predicted octanol–water partition coefficient (Wildman–Crippen LogP) is 1.35. The van der Waals surface area contributed by atoms with Crippen LogP contribution in [0.2, 0.25) is 0 Å². The summed E-state index contributed by atoms with van der Waals surface area (Å²) in [6, 6.07) is 7.96. The molecule has 2 heterocycles. The fourth-order valence-corrected chi connectivity index (χ4v) is 4.42. The minimum atomic E-state index is -2.98. The summed E-state index contributed by atoms with van der Waals surface area (Å²) in [5.74, 6) is 1.27. The highest BCUT2D eigenvalue weighted by atomic mass is 32.2. The van der Waals surface area contributed by atoms with E-state index in [0.717, 1.165) is 0 Å². The molecule has 1 unspecified atom stereocenters. The first-order valence-electron chi connectivity index (χ1n) is 8.24. The van der Waals surface area contributed by atoms with E-state index < -0.39 is 15.7 Å². The first-order valence-corrected chi connectivity index (χ1v) is 10.1. The van der Waals surface area contributed by atoms with Crippen molar-refractivity contribution in [2.24, 2.45) is 0 Å². The molecule has 0 radical (unpaired) electrons. The lowest BCUT2D eigenvalue weighted by Gasteiger charge is -2.12. The Morgan fingerprint density at radius 3 is 2.56 bits per heavy atom. The number of sulfone groups is 1. The van der Waals surface area contributed by atoms with Gasteiger partial charge < -0.3 is 20.1 Å². The number of aromatic nitrogens is 2. The molecule has 1 aromatic carbocycles. The minimum Gasteiger partial charge on any atom is -0.497 e. The smallest absolute Gasteiger partial charge is 0.276 e. The second kappa shape index (κ2) is 7.78. The molecule has 0 bridgehead atoms. The minimum absolute atomic E-state index is 0.0759. The molecular weight excluding hydrogens is 372 g/mol. The number of methoxy groups -OCH3 is 2. The lowest BCUT2D eigenvalue weighted by atomic mass is 10.2. The summed E-state index contributed by atoms with van der Waals surface area (Å²) < 4.78 is 33.4. The van der Waals surface area contributed by atoms with Crippen molar-refractivity contribution in [1.29, 1.82) is 0 Å². The molecular formula is C17H20N4O5S. The molecule has 144 valence electrons. The molecule has 1 fully saturated rings. The van der Waals surface area contributed by atoms with Crippen LogP contribution in [0.25, 0.3) is 0 Å². The highest BCUT2D eigenvalue weighted by Crippen LogP contribution is 2.29. The highest BCUT2D eigenvalue weighted by molar-refractivity contribution is 7.91. The van der Waals surface area contributed by atoms with Gasteiger partial charge >= 0.3 is 0 Å². The number of hydrogen-bond donors (Lipinski definition) is 2. The van der Waals surface area contributed by atoms with Crippen molar-refractivity contribution in [3.05, 3.63) is 36.0 Å². The van der Waals surface area contributed by atoms with Crippen molar-refractivity contribution in [3.8, 4) is 11.5 Å². The number of anilines is 2. The predicted molar refractivity (Wildman–Crippen MR) is 100 cm³/mol. The number of ether oxygens (including phenoxy) is 2. The molecule has 1 aliphatic heterocycles. The number of carbonyl (C=O) groups excluding carboxylic acids is 1. The van der Waals surface area contributed by atoms with Gasteiger partial charge in [0.25, 0.3) is 5.91 Å². The summed E-state index contributed by atoms with van der Waals surface area (Å²) >= 11 is 0. The molecule has 0 spiro atoms. The van der Waals surface area contributed by atoms with Gasteiger partial charge in [-0.2, -0.15) is 0 Å². The number of nitrogens with zero attached hydrogens (tertiary/aromatic N) is 2. The second-order valence-electron chi connectivity index (χ2n) is 6.07. The van der Waals surface area contributed by atoms with Crippen molar-refractivity contribution < 1.29 is 22.7 Å². The normalized spacial score (nSPS) is 17.9. The van der Waals surface area contributed by atoms with Gasteiger partial charge in [0.2, 0.25) is 0 Å². The number of benzene rings is 1. The van der Waals surface area contributed by atoms with Crippen LogP contribution in [0.15, 0.2) is 30.3 Å². The summed E-state index contributed by atoms with van der Waals surface area (Å²) in [7, 11) is 0.0478. The number of hydrogen-bond acceptors (Lipinski definition) is 8. The molecule has 1 amide bonds. The lowest BCUT2D eigenvalue weighted by Crippen LogP contribution is -2.22. The van der Waals surface area contributed by atoms with Crippen molar-refractivity contribution in [2.45, 2.75) is 12.5 Å². The van der Waals surface area contributed by atoms with Gasteiger partial charge in [0.1, 0.15) is 17.3 Å². The van der Waals surface area contributed by atoms with Crippen LogP contribution in [0.5, 0.6) is 11.5 Å². The standard InChI is InChI=1S/C17H20N4O5S/c1-25-12-3-5-15(26-2)14(9-12)19-17(22)13-4-6-16(21-20-13)18-11-7-8-27(23,24)10-11/h3-6,9,11H,7-8,10H2,1-2H3,(H,18,21)(H,19,22). The zero-order chi connectivity index (χ0) is 19.4. The zero-order valence-corrected chi connectivity index (χ0v) is 15.7. The first kappa shape index (κ1) is 18.9. The monoisotopic (exact) mass is 392 g/mol. The molecule has 1 aromatic heterocycles. The van der Waals surface area contributed by atoms with E-state index in [4.69, 9.17) is 9.47 Å². The maximum absolute atomic E-state index is 12.4. The molecule has 2 aromatic rings. The molecule has 9 nitrogen and oxygen atoms in total. The molecule has 2 N–H and O–H groups in total. The van der Waals surface area contributed by atoms with Crippen LogP contribution in [0.3, 0.4) is 0 Å². The molecule has 1 aliphatic rings. The maximum Gasteiger partial charge on any atom is 0.276 e. The van der Waals surface area contributed by atoms with E-state index in [1.54, 1.807) is 24.3 Å². The third-order valence-corrected chi connectivity index (χ3v) is 5.90. The molecule has 1 atom stereocenters. The Bertz CT molecular complexity index is 931. The van der Waals surface area contributed by atoms with Crippen LogP contribution < -0.4 is 20.1 Å². The van der Waals surface area contributed by atoms with Crippen molar-refractivity contribution in [2.75, 3.05) is 36.4 Å². The Hall–Kier alpha value is -2.88. The van der Waals surface area contributed by atoms with Crippen LogP contribution in [-0.2, 0) is 9.84 Å². The van der Waals surface area contributed by atoms with E-state index in [-0.39, 0.29) is 23.2 Å². The number of carbonyl (C=O) groups is 1. The molecule has 27 heavy (non-hydrogen) atoms. The van der Waals surface area contributed by atoms with Crippen molar-refractivity contribution in [3.63, 3.8) is 0 Å². The SMILES string of the molecule is COc1ccc(OC)c(NC(=O)c2ccc(NC3CCS(=O)(=O)C3)nn2)c1. The fourth-order valence-electron chi connectivity index (χ4n) is 2.75. The molecule has 0 saturated carbocycles. The molecule has 0 aliphatic carbocycles. The van der Waals surface area contributed by atoms with Gasteiger partial charge in [0.15, 0.2) is 15.5 Å². The zero-order valence-electron chi connectivity index (χ0n) is 14.9. The Balaban J connectivity index is 1.67. The average Bonchev–Trinajstić information content (AvgIpc) is 3.00. The van der Waals surface area contributed by atoms with E-state index in [9.17, 15) is 13.2 Å². The quantitative estimate of drug-likeness (QED) is 0.756. The summed E-state index contributed by atoms with van der Waals surface area (Å²) in [4.78, 5) is 12.4. The van der Waals surface area contributed by atoms with Gasteiger partial charge in [-0.3, -0.25) is 4.79 Å². The number of amides is 1. The maximum atomic E-state index is 12.4. The van der Waals surface area contributed by atoms with E-state index >= 15 is 0 Å². The Labute approximate surface area is 157 Å². The summed E-state index contributed by atoms with van der Waals surface area (Å²) in [6.07, 6.45) is 0.530. The van der Waals surface area contributed by atoms with Crippen LogP contribution in [0, 0.1) is 0 Å². The summed E-state index contributed by atoms with van der Waals surface area (Å²) in [5, 5.41) is 13.6. The second-order valence-corrected chi connectivity index (χ2v) is 8.30. The molecule has 3 rings (SSSR count). The summed E-state index contributed by atoms with van der Waals surface area (Å²) in [6.45, 7) is 0. The Kier molecular flexibility index (Phi) is 5.45.